The Morgan fingerprint density at radius 2 is 2.04 bits per heavy atom. The number of carbonyl (C=O) groups is 1. The molecular formula is C19H20F3NO2S. The van der Waals surface area contributed by atoms with Gasteiger partial charge < -0.3 is 5.11 Å². The van der Waals surface area contributed by atoms with Crippen LogP contribution in [-0.2, 0) is 17.4 Å². The van der Waals surface area contributed by atoms with Crippen LogP contribution in [0.4, 0.5) is 13.2 Å². The molecule has 3 nitrogen and oxygen atoms in total. The average Bonchev–Trinajstić information content (AvgIpc) is 3.24. The Hall–Kier alpha value is -1.86. The molecule has 140 valence electrons. The van der Waals surface area contributed by atoms with Gasteiger partial charge in [0.25, 0.3) is 0 Å². The van der Waals surface area contributed by atoms with Crippen molar-refractivity contribution in [3.63, 3.8) is 0 Å². The molecule has 1 N–H and O–H groups in total. The van der Waals surface area contributed by atoms with Crippen LogP contribution in [0.15, 0.2) is 36.4 Å². The van der Waals surface area contributed by atoms with Crippen molar-refractivity contribution < 1.29 is 23.1 Å². The van der Waals surface area contributed by atoms with Crippen LogP contribution in [0.5, 0.6) is 0 Å². The highest BCUT2D eigenvalue weighted by atomic mass is 32.1. The first kappa shape index (κ1) is 18.9. The number of benzene rings is 1. The number of thiophene rings is 1. The van der Waals surface area contributed by atoms with E-state index in [1.54, 1.807) is 11.0 Å². The summed E-state index contributed by atoms with van der Waals surface area (Å²) in [6, 6.07) is 7.76. The molecule has 7 heteroatoms. The van der Waals surface area contributed by atoms with E-state index in [4.69, 9.17) is 0 Å². The summed E-state index contributed by atoms with van der Waals surface area (Å²) in [7, 11) is 0. The van der Waals surface area contributed by atoms with Crippen LogP contribution in [0.25, 0.3) is 0 Å². The van der Waals surface area contributed by atoms with Crippen molar-refractivity contribution >= 4 is 17.3 Å². The lowest BCUT2D eigenvalue weighted by molar-refractivity contribution is -0.142. The molecule has 1 saturated heterocycles. The number of hydrogen-bond donors (Lipinski definition) is 1. The lowest BCUT2D eigenvalue weighted by Gasteiger charge is -2.32. The zero-order chi connectivity index (χ0) is 18.9. The molecule has 0 amide bonds. The topological polar surface area (TPSA) is 40.5 Å². The third kappa shape index (κ3) is 3.64. The SMILES string of the molecule is CCc1ccc(C(c2ccccc2C(F)(F)F)N2CCCC2C(=O)O)s1. The van der Waals surface area contributed by atoms with Crippen LogP contribution >= 0.6 is 11.3 Å². The Morgan fingerprint density at radius 1 is 1.31 bits per heavy atom. The van der Waals surface area contributed by atoms with Crippen LogP contribution < -0.4 is 0 Å². The van der Waals surface area contributed by atoms with Crippen LogP contribution in [0, 0.1) is 0 Å². The number of carboxylic acid groups (broad SMARTS) is 1. The Kier molecular flexibility index (Phi) is 5.39. The van der Waals surface area contributed by atoms with Gasteiger partial charge in [-0.25, -0.2) is 0 Å². The summed E-state index contributed by atoms with van der Waals surface area (Å²) in [6.45, 7) is 2.46. The van der Waals surface area contributed by atoms with E-state index < -0.39 is 29.8 Å². The molecule has 1 fully saturated rings. The van der Waals surface area contributed by atoms with Gasteiger partial charge in [-0.1, -0.05) is 25.1 Å². The molecule has 0 spiro atoms. The molecule has 2 aromatic rings. The van der Waals surface area contributed by atoms with Crippen molar-refractivity contribution in [1.29, 1.82) is 0 Å². The smallest absolute Gasteiger partial charge is 0.416 e. The zero-order valence-corrected chi connectivity index (χ0v) is 15.1. The zero-order valence-electron chi connectivity index (χ0n) is 14.3. The minimum absolute atomic E-state index is 0.123. The molecule has 0 bridgehead atoms. The third-order valence-corrected chi connectivity index (χ3v) is 6.05. The van der Waals surface area contributed by atoms with Crippen LogP contribution in [0.3, 0.4) is 0 Å². The van der Waals surface area contributed by atoms with E-state index >= 15 is 0 Å². The molecule has 2 unspecified atom stereocenters. The first-order valence-corrected chi connectivity index (χ1v) is 9.38. The van der Waals surface area contributed by atoms with E-state index in [1.807, 2.05) is 19.1 Å². The van der Waals surface area contributed by atoms with Crippen LogP contribution in [0.2, 0.25) is 0 Å². The molecule has 2 atom stereocenters. The maximum absolute atomic E-state index is 13.6. The van der Waals surface area contributed by atoms with E-state index in [0.29, 0.717) is 19.4 Å². The highest BCUT2D eigenvalue weighted by Gasteiger charge is 2.42. The first-order chi connectivity index (χ1) is 12.3. The van der Waals surface area contributed by atoms with Gasteiger partial charge in [-0.2, -0.15) is 13.2 Å². The van der Waals surface area contributed by atoms with E-state index in [2.05, 4.69) is 0 Å². The van der Waals surface area contributed by atoms with Crippen molar-refractivity contribution in [2.24, 2.45) is 0 Å². The minimum Gasteiger partial charge on any atom is -0.480 e. The normalized spacial score (nSPS) is 19.6. The fraction of sp³-hybridized carbons (Fsp3) is 0.421. The van der Waals surface area contributed by atoms with Crippen LogP contribution in [0.1, 0.15) is 46.7 Å². The van der Waals surface area contributed by atoms with Crippen molar-refractivity contribution in [1.82, 2.24) is 4.90 Å². The lowest BCUT2D eigenvalue weighted by Crippen LogP contribution is -2.39. The van der Waals surface area contributed by atoms with Gasteiger partial charge in [-0.05, 0) is 43.0 Å². The molecule has 3 rings (SSSR count). The number of hydrogen-bond acceptors (Lipinski definition) is 3. The van der Waals surface area contributed by atoms with E-state index in [0.717, 1.165) is 22.2 Å². The van der Waals surface area contributed by atoms with E-state index in [9.17, 15) is 23.1 Å². The second-order valence-electron chi connectivity index (χ2n) is 6.38. The monoisotopic (exact) mass is 383 g/mol. The average molecular weight is 383 g/mol. The van der Waals surface area contributed by atoms with Crippen LogP contribution in [-0.4, -0.2) is 28.6 Å². The summed E-state index contributed by atoms with van der Waals surface area (Å²) in [4.78, 5) is 15.2. The molecule has 1 aliphatic heterocycles. The van der Waals surface area contributed by atoms with Gasteiger partial charge >= 0.3 is 12.1 Å². The van der Waals surface area contributed by atoms with Crippen molar-refractivity contribution in [3.8, 4) is 0 Å². The molecule has 0 saturated carbocycles. The predicted molar refractivity (Wildman–Crippen MR) is 94.3 cm³/mol. The summed E-state index contributed by atoms with van der Waals surface area (Å²) in [5.74, 6) is -0.982. The van der Waals surface area contributed by atoms with Gasteiger partial charge in [0.15, 0.2) is 0 Å². The third-order valence-electron chi connectivity index (χ3n) is 4.77. The van der Waals surface area contributed by atoms with Gasteiger partial charge in [0.05, 0.1) is 11.6 Å². The number of aliphatic carboxylic acids is 1. The number of rotatable bonds is 5. The molecule has 1 aromatic heterocycles. The van der Waals surface area contributed by atoms with Gasteiger partial charge in [-0.15, -0.1) is 11.3 Å². The maximum Gasteiger partial charge on any atom is 0.416 e. The number of likely N-dealkylation sites (tertiary alicyclic amines) is 1. The van der Waals surface area contributed by atoms with Gasteiger partial charge in [-0.3, -0.25) is 9.69 Å². The molecule has 1 aromatic carbocycles. The van der Waals surface area contributed by atoms with E-state index in [-0.39, 0.29) is 5.56 Å². The predicted octanol–water partition coefficient (Wildman–Crippen LogP) is 4.97. The van der Waals surface area contributed by atoms with Gasteiger partial charge in [0.2, 0.25) is 0 Å². The van der Waals surface area contributed by atoms with Crippen molar-refractivity contribution in [3.05, 3.63) is 57.3 Å². The standard InChI is InChI=1S/C19H20F3NO2S/c1-2-12-9-10-16(26-12)17(23-11-5-8-15(23)18(24)25)13-6-3-4-7-14(13)19(20,21)22/h3-4,6-7,9-10,15,17H,2,5,8,11H2,1H3,(H,24,25). The number of aryl methyl sites for hydroxylation is 1. The fourth-order valence-electron chi connectivity index (χ4n) is 3.58. The number of carboxylic acids is 1. The molecule has 0 aliphatic carbocycles. The Bertz CT molecular complexity index is 787. The van der Waals surface area contributed by atoms with Crippen molar-refractivity contribution in [2.45, 2.75) is 44.4 Å². The van der Waals surface area contributed by atoms with Gasteiger partial charge in [0, 0.05) is 16.3 Å². The summed E-state index contributed by atoms with van der Waals surface area (Å²) >= 11 is 1.45. The Morgan fingerprint density at radius 3 is 2.65 bits per heavy atom. The number of alkyl halides is 3. The number of halogens is 3. The summed E-state index contributed by atoms with van der Waals surface area (Å²) in [5, 5.41) is 9.55. The maximum atomic E-state index is 13.6. The first-order valence-electron chi connectivity index (χ1n) is 8.56. The minimum atomic E-state index is -4.49. The highest BCUT2D eigenvalue weighted by Crippen LogP contribution is 2.43. The molecule has 1 aliphatic rings. The van der Waals surface area contributed by atoms with Crippen molar-refractivity contribution in [2.75, 3.05) is 6.54 Å². The number of nitrogens with zero attached hydrogens (tertiary/aromatic N) is 1. The molecule has 0 radical (unpaired) electrons. The molecule has 26 heavy (non-hydrogen) atoms. The second-order valence-corrected chi connectivity index (χ2v) is 7.58. The Labute approximate surface area is 154 Å². The second kappa shape index (κ2) is 7.40. The van der Waals surface area contributed by atoms with E-state index in [1.165, 1.54) is 23.5 Å². The quantitative estimate of drug-likeness (QED) is 0.793. The fourth-order valence-corrected chi connectivity index (χ4v) is 4.68. The highest BCUT2D eigenvalue weighted by molar-refractivity contribution is 7.12. The Balaban J connectivity index is 2.15. The molecule has 2 heterocycles. The summed E-state index contributed by atoms with van der Waals surface area (Å²) in [6.07, 6.45) is -2.58. The largest absolute Gasteiger partial charge is 0.480 e. The lowest BCUT2D eigenvalue weighted by atomic mass is 9.96. The summed E-state index contributed by atoms with van der Waals surface area (Å²) < 4.78 is 40.8. The summed E-state index contributed by atoms with van der Waals surface area (Å²) in [5.41, 5.74) is -0.579. The van der Waals surface area contributed by atoms with Gasteiger partial charge in [0.1, 0.15) is 6.04 Å². The molecular weight excluding hydrogens is 363 g/mol.